The lowest BCUT2D eigenvalue weighted by molar-refractivity contribution is -0.148. The minimum atomic E-state index is -1.69. The Morgan fingerprint density at radius 3 is 2.55 bits per heavy atom. The summed E-state index contributed by atoms with van der Waals surface area (Å²) in [5, 5.41) is 0. The molecule has 1 heterocycles. The van der Waals surface area contributed by atoms with Gasteiger partial charge in [-0.15, -0.1) is 0 Å². The Kier molecular flexibility index (Phi) is 7.03. The van der Waals surface area contributed by atoms with Crippen molar-refractivity contribution in [1.82, 2.24) is 4.90 Å². The van der Waals surface area contributed by atoms with Crippen molar-refractivity contribution in [2.75, 3.05) is 6.61 Å². The van der Waals surface area contributed by atoms with Crippen molar-refractivity contribution in [3.63, 3.8) is 0 Å². The fourth-order valence-corrected chi connectivity index (χ4v) is 1.96. The fourth-order valence-electron chi connectivity index (χ4n) is 1.80. The normalized spacial score (nSPS) is 18.2. The lowest BCUT2D eigenvalue weighted by atomic mass is 10.1. The van der Waals surface area contributed by atoms with E-state index in [1.807, 2.05) is 6.92 Å². The van der Waals surface area contributed by atoms with Crippen LogP contribution in [-0.2, 0) is 14.3 Å². The van der Waals surface area contributed by atoms with Gasteiger partial charge in [-0.1, -0.05) is 46.5 Å². The number of esters is 1. The SMILES string of the molecule is CC1=C[C@@H](CC(=O)OC(C)C)N(C(=O)OCC(Cl)(Cl)Cl)C=C1. The molecule has 0 aliphatic carbocycles. The first-order chi connectivity index (χ1) is 10.1. The number of carbonyl (C=O) groups is 2. The molecule has 0 saturated carbocycles. The summed E-state index contributed by atoms with van der Waals surface area (Å²) in [6, 6.07) is -0.501. The molecule has 1 atom stereocenters. The quantitative estimate of drug-likeness (QED) is 0.555. The van der Waals surface area contributed by atoms with Crippen LogP contribution in [0.1, 0.15) is 27.2 Å². The molecule has 0 saturated heterocycles. The number of allylic oxidation sites excluding steroid dienone is 2. The Labute approximate surface area is 144 Å². The molecule has 1 rings (SSSR count). The summed E-state index contributed by atoms with van der Waals surface area (Å²) in [5.41, 5.74) is 0.924. The summed E-state index contributed by atoms with van der Waals surface area (Å²) < 4.78 is 8.34. The molecule has 1 aliphatic heterocycles. The Hall–Kier alpha value is -0.910. The molecule has 22 heavy (non-hydrogen) atoms. The van der Waals surface area contributed by atoms with Crippen LogP contribution in [0.3, 0.4) is 0 Å². The largest absolute Gasteiger partial charge is 0.463 e. The van der Waals surface area contributed by atoms with Gasteiger partial charge in [0, 0.05) is 6.20 Å². The average Bonchev–Trinajstić information content (AvgIpc) is 2.34. The molecule has 0 aromatic heterocycles. The number of alkyl halides is 3. The Morgan fingerprint density at radius 2 is 2.00 bits per heavy atom. The number of nitrogens with zero attached hydrogens (tertiary/aromatic N) is 1. The third kappa shape index (κ3) is 6.90. The van der Waals surface area contributed by atoms with Gasteiger partial charge in [-0.3, -0.25) is 9.69 Å². The van der Waals surface area contributed by atoms with Crippen LogP contribution in [0.5, 0.6) is 0 Å². The van der Waals surface area contributed by atoms with Gasteiger partial charge in [0.15, 0.2) is 0 Å². The van der Waals surface area contributed by atoms with E-state index < -0.39 is 21.9 Å². The topological polar surface area (TPSA) is 55.8 Å². The maximum Gasteiger partial charge on any atom is 0.414 e. The second kappa shape index (κ2) is 8.09. The number of amides is 1. The number of carbonyl (C=O) groups excluding carboxylic acids is 2. The van der Waals surface area contributed by atoms with Gasteiger partial charge in [0.1, 0.15) is 6.61 Å². The minimum Gasteiger partial charge on any atom is -0.463 e. The van der Waals surface area contributed by atoms with Gasteiger partial charge in [-0.05, 0) is 26.8 Å². The summed E-state index contributed by atoms with van der Waals surface area (Å²) in [4.78, 5) is 25.1. The third-order valence-corrected chi connectivity index (χ3v) is 2.95. The Bertz CT molecular complexity index is 483. The Morgan fingerprint density at radius 1 is 1.36 bits per heavy atom. The van der Waals surface area contributed by atoms with Crippen LogP contribution >= 0.6 is 34.8 Å². The molecule has 124 valence electrons. The van der Waals surface area contributed by atoms with E-state index in [-0.39, 0.29) is 19.1 Å². The van der Waals surface area contributed by atoms with Crippen molar-refractivity contribution < 1.29 is 19.1 Å². The van der Waals surface area contributed by atoms with E-state index in [1.165, 1.54) is 11.1 Å². The highest BCUT2D eigenvalue weighted by Gasteiger charge is 2.29. The van der Waals surface area contributed by atoms with E-state index in [0.29, 0.717) is 0 Å². The van der Waals surface area contributed by atoms with E-state index in [9.17, 15) is 9.59 Å². The number of ether oxygens (including phenoxy) is 2. The van der Waals surface area contributed by atoms with Crippen LogP contribution in [0.2, 0.25) is 0 Å². The molecular weight excluding hydrogens is 353 g/mol. The Balaban J connectivity index is 2.72. The van der Waals surface area contributed by atoms with Crippen LogP contribution in [-0.4, -0.2) is 39.5 Å². The van der Waals surface area contributed by atoms with Gasteiger partial charge in [-0.25, -0.2) is 4.79 Å². The monoisotopic (exact) mass is 369 g/mol. The van der Waals surface area contributed by atoms with E-state index in [4.69, 9.17) is 44.3 Å². The van der Waals surface area contributed by atoms with Gasteiger partial charge in [0.2, 0.25) is 3.79 Å². The van der Waals surface area contributed by atoms with Crippen molar-refractivity contribution >= 4 is 46.9 Å². The molecule has 0 fully saturated rings. The molecule has 0 spiro atoms. The second-order valence-electron chi connectivity index (χ2n) is 5.11. The second-order valence-corrected chi connectivity index (χ2v) is 7.63. The highest BCUT2D eigenvalue weighted by Crippen LogP contribution is 2.27. The number of rotatable bonds is 4. The lowest BCUT2D eigenvalue weighted by Gasteiger charge is -2.29. The zero-order valence-corrected chi connectivity index (χ0v) is 14.8. The van der Waals surface area contributed by atoms with Crippen LogP contribution in [0.25, 0.3) is 0 Å². The summed E-state index contributed by atoms with van der Waals surface area (Å²) in [7, 11) is 0. The molecule has 5 nitrogen and oxygen atoms in total. The predicted molar refractivity (Wildman–Crippen MR) is 86.0 cm³/mol. The number of hydrogen-bond donors (Lipinski definition) is 0. The number of halogens is 3. The van der Waals surface area contributed by atoms with Crippen LogP contribution in [0.15, 0.2) is 23.9 Å². The zero-order chi connectivity index (χ0) is 16.9. The summed E-state index contributed by atoms with van der Waals surface area (Å²) in [6.45, 7) is 4.99. The van der Waals surface area contributed by atoms with Crippen LogP contribution < -0.4 is 0 Å². The molecule has 8 heteroatoms. The van der Waals surface area contributed by atoms with Crippen molar-refractivity contribution in [1.29, 1.82) is 0 Å². The van der Waals surface area contributed by atoms with Gasteiger partial charge in [0.25, 0.3) is 0 Å². The van der Waals surface area contributed by atoms with Crippen molar-refractivity contribution in [2.24, 2.45) is 0 Å². The fraction of sp³-hybridized carbons (Fsp3) is 0.571. The lowest BCUT2D eigenvalue weighted by Crippen LogP contribution is -2.39. The van der Waals surface area contributed by atoms with Gasteiger partial charge >= 0.3 is 12.1 Å². The van der Waals surface area contributed by atoms with E-state index >= 15 is 0 Å². The summed E-state index contributed by atoms with van der Waals surface area (Å²) in [5.74, 6) is -0.404. The van der Waals surface area contributed by atoms with E-state index in [0.717, 1.165) is 5.57 Å². The van der Waals surface area contributed by atoms with Gasteiger partial charge in [-0.2, -0.15) is 0 Å². The molecule has 0 aromatic carbocycles. The molecule has 1 amide bonds. The molecule has 0 unspecified atom stereocenters. The highest BCUT2D eigenvalue weighted by molar-refractivity contribution is 6.67. The smallest absolute Gasteiger partial charge is 0.414 e. The van der Waals surface area contributed by atoms with Gasteiger partial charge in [0.05, 0.1) is 18.6 Å². The maximum atomic E-state index is 12.1. The maximum absolute atomic E-state index is 12.1. The average molecular weight is 371 g/mol. The third-order valence-electron chi connectivity index (χ3n) is 2.62. The highest BCUT2D eigenvalue weighted by atomic mass is 35.6. The van der Waals surface area contributed by atoms with Crippen LogP contribution in [0.4, 0.5) is 4.79 Å². The predicted octanol–water partition coefficient (Wildman–Crippen LogP) is 3.98. The molecule has 0 bridgehead atoms. The van der Waals surface area contributed by atoms with Crippen LogP contribution in [0, 0.1) is 0 Å². The van der Waals surface area contributed by atoms with Crippen molar-refractivity contribution in [2.45, 2.75) is 43.1 Å². The van der Waals surface area contributed by atoms with Gasteiger partial charge < -0.3 is 9.47 Å². The summed E-state index contributed by atoms with van der Waals surface area (Å²) in [6.07, 6.45) is 4.13. The zero-order valence-electron chi connectivity index (χ0n) is 12.5. The summed E-state index contributed by atoms with van der Waals surface area (Å²) >= 11 is 16.6. The minimum absolute atomic E-state index is 0.0166. The number of hydrogen-bond acceptors (Lipinski definition) is 4. The molecule has 1 aliphatic rings. The first kappa shape index (κ1) is 19.1. The van der Waals surface area contributed by atoms with E-state index in [1.54, 1.807) is 26.0 Å². The standard InChI is InChI=1S/C14H18Cl3NO4/c1-9(2)22-12(19)7-11-6-10(3)4-5-18(11)13(20)21-8-14(15,16)17/h4-6,9,11H,7-8H2,1-3H3/t11-/m0/s1. The molecule has 0 N–H and O–H groups in total. The first-order valence-corrected chi connectivity index (χ1v) is 7.80. The van der Waals surface area contributed by atoms with E-state index in [2.05, 4.69) is 0 Å². The molecule has 0 aromatic rings. The first-order valence-electron chi connectivity index (χ1n) is 6.66. The molecular formula is C14H18Cl3NO4. The molecule has 0 radical (unpaired) electrons. The van der Waals surface area contributed by atoms with Crippen molar-refractivity contribution in [3.8, 4) is 0 Å². The van der Waals surface area contributed by atoms with Crippen molar-refractivity contribution in [3.05, 3.63) is 23.9 Å².